The van der Waals surface area contributed by atoms with Crippen molar-refractivity contribution >= 4 is 22.6 Å². The lowest BCUT2D eigenvalue weighted by Crippen LogP contribution is -2.35. The van der Waals surface area contributed by atoms with Crippen LogP contribution in [0.2, 0.25) is 0 Å². The summed E-state index contributed by atoms with van der Waals surface area (Å²) < 4.78 is 5.18. The molecule has 1 heterocycles. The summed E-state index contributed by atoms with van der Waals surface area (Å²) in [5.74, 6) is 0.732. The van der Waals surface area contributed by atoms with Crippen molar-refractivity contribution < 1.29 is 4.74 Å². The Kier molecular flexibility index (Phi) is 4.20. The molecule has 0 saturated carbocycles. The number of methoxy groups -OCH3 is 1. The highest BCUT2D eigenvalue weighted by atomic mass is 16.5. The summed E-state index contributed by atoms with van der Waals surface area (Å²) in [5, 5.41) is 8.75. The van der Waals surface area contributed by atoms with Gasteiger partial charge in [0.1, 0.15) is 11.7 Å². The Morgan fingerprint density at radius 3 is 2.80 bits per heavy atom. The summed E-state index contributed by atoms with van der Waals surface area (Å²) in [6, 6.07) is 9.88. The van der Waals surface area contributed by atoms with Crippen molar-refractivity contribution in [2.24, 2.45) is 5.73 Å². The molecule has 0 bridgehead atoms. The largest absolute Gasteiger partial charge is 0.384 e. The van der Waals surface area contributed by atoms with Gasteiger partial charge in [-0.25, -0.2) is 4.98 Å². The van der Waals surface area contributed by atoms with Gasteiger partial charge in [-0.1, -0.05) is 18.2 Å². The van der Waals surface area contributed by atoms with E-state index in [-0.39, 0.29) is 11.9 Å². The Morgan fingerprint density at radius 1 is 1.45 bits per heavy atom. The lowest BCUT2D eigenvalue weighted by atomic mass is 10.1. The summed E-state index contributed by atoms with van der Waals surface area (Å²) >= 11 is 0. The monoisotopic (exact) mass is 272 g/mol. The van der Waals surface area contributed by atoms with Gasteiger partial charge in [-0.05, 0) is 19.1 Å². The average molecular weight is 272 g/mol. The number of nitrogens with one attached hydrogen (secondary N) is 1. The fourth-order valence-electron chi connectivity index (χ4n) is 2.13. The summed E-state index contributed by atoms with van der Waals surface area (Å²) in [4.78, 5) is 6.64. The number of nitrogens with two attached hydrogens (primary N) is 1. The number of benzene rings is 1. The Labute approximate surface area is 118 Å². The van der Waals surface area contributed by atoms with E-state index in [1.807, 2.05) is 49.2 Å². The van der Waals surface area contributed by atoms with Gasteiger partial charge in [0, 0.05) is 19.5 Å². The van der Waals surface area contributed by atoms with Gasteiger partial charge in [0.15, 0.2) is 0 Å². The number of nitrogens with zero attached hydrogens (tertiary/aromatic N) is 2. The average Bonchev–Trinajstić information content (AvgIpc) is 2.45. The number of nitrogen functional groups attached to an aromatic ring is 1. The molecule has 106 valence electrons. The predicted octanol–water partition coefficient (Wildman–Crippen LogP) is 1.99. The third-order valence-corrected chi connectivity index (χ3v) is 3.40. The van der Waals surface area contributed by atoms with Crippen LogP contribution < -0.4 is 10.6 Å². The van der Waals surface area contributed by atoms with E-state index in [0.29, 0.717) is 18.0 Å². The van der Waals surface area contributed by atoms with Gasteiger partial charge in [0.25, 0.3) is 0 Å². The molecular weight excluding hydrogens is 252 g/mol. The molecule has 1 aromatic carbocycles. The quantitative estimate of drug-likeness (QED) is 0.644. The van der Waals surface area contributed by atoms with Gasteiger partial charge >= 0.3 is 0 Å². The molecule has 2 rings (SSSR count). The molecule has 5 heteroatoms. The molecule has 0 spiro atoms. The van der Waals surface area contributed by atoms with E-state index < -0.39 is 0 Å². The number of para-hydroxylation sites is 1. The van der Waals surface area contributed by atoms with E-state index in [0.717, 1.165) is 10.9 Å². The Bertz CT molecular complexity index is 626. The van der Waals surface area contributed by atoms with Crippen LogP contribution >= 0.6 is 0 Å². The molecule has 5 nitrogen and oxygen atoms in total. The maximum Gasteiger partial charge on any atom is 0.140 e. The molecule has 0 fully saturated rings. The lowest BCUT2D eigenvalue weighted by molar-refractivity contribution is 0.183. The first-order valence-corrected chi connectivity index (χ1v) is 6.50. The van der Waals surface area contributed by atoms with Gasteiger partial charge in [0.2, 0.25) is 0 Å². The number of anilines is 1. The minimum Gasteiger partial charge on any atom is -0.384 e. The van der Waals surface area contributed by atoms with Crippen molar-refractivity contribution in [3.8, 4) is 0 Å². The zero-order chi connectivity index (χ0) is 14.7. The number of fused-ring (bicyclic) bond motifs is 1. The maximum atomic E-state index is 7.77. The van der Waals surface area contributed by atoms with Crippen molar-refractivity contribution in [2.45, 2.75) is 13.0 Å². The van der Waals surface area contributed by atoms with Crippen LogP contribution in [0.3, 0.4) is 0 Å². The molecule has 20 heavy (non-hydrogen) atoms. The first kappa shape index (κ1) is 14.3. The molecule has 0 aliphatic heterocycles. The Balaban J connectivity index is 2.54. The lowest BCUT2D eigenvalue weighted by Gasteiger charge is -2.27. The van der Waals surface area contributed by atoms with E-state index in [9.17, 15) is 0 Å². The third-order valence-electron chi connectivity index (χ3n) is 3.40. The van der Waals surface area contributed by atoms with E-state index >= 15 is 0 Å². The molecule has 2 aromatic rings. The molecule has 1 aromatic heterocycles. The van der Waals surface area contributed by atoms with Crippen molar-refractivity contribution in [1.29, 1.82) is 5.41 Å². The number of rotatable bonds is 5. The summed E-state index contributed by atoms with van der Waals surface area (Å²) in [7, 11) is 3.61. The second-order valence-electron chi connectivity index (χ2n) is 4.88. The van der Waals surface area contributed by atoms with Crippen LogP contribution in [0.1, 0.15) is 12.5 Å². The Hall–Kier alpha value is -2.14. The number of pyridine rings is 1. The minimum absolute atomic E-state index is 0.0229. The number of aromatic nitrogens is 1. The van der Waals surface area contributed by atoms with Crippen LogP contribution in [-0.2, 0) is 4.74 Å². The molecule has 0 radical (unpaired) electrons. The third kappa shape index (κ3) is 2.72. The number of hydrogen-bond acceptors (Lipinski definition) is 4. The van der Waals surface area contributed by atoms with Crippen LogP contribution in [0, 0.1) is 5.41 Å². The second-order valence-corrected chi connectivity index (χ2v) is 4.88. The second kappa shape index (κ2) is 5.88. The van der Waals surface area contributed by atoms with Crippen molar-refractivity contribution in [3.63, 3.8) is 0 Å². The minimum atomic E-state index is 0.0229. The summed E-state index contributed by atoms with van der Waals surface area (Å²) in [6.07, 6.45) is 0. The zero-order valence-corrected chi connectivity index (χ0v) is 12.1. The van der Waals surface area contributed by atoms with E-state index in [1.54, 1.807) is 7.11 Å². The Morgan fingerprint density at radius 2 is 2.15 bits per heavy atom. The fraction of sp³-hybridized carbons (Fsp3) is 0.333. The molecule has 1 atom stereocenters. The normalized spacial score (nSPS) is 12.3. The van der Waals surface area contributed by atoms with Gasteiger partial charge in [-0.15, -0.1) is 0 Å². The van der Waals surface area contributed by atoms with Gasteiger partial charge in [-0.3, -0.25) is 5.41 Å². The van der Waals surface area contributed by atoms with Crippen LogP contribution in [0.15, 0.2) is 30.3 Å². The number of hydrogen-bond donors (Lipinski definition) is 2. The highest BCUT2D eigenvalue weighted by molar-refractivity contribution is 6.03. The number of amidine groups is 1. The van der Waals surface area contributed by atoms with Crippen molar-refractivity contribution in [1.82, 2.24) is 4.98 Å². The van der Waals surface area contributed by atoms with Crippen LogP contribution in [0.4, 0.5) is 5.82 Å². The first-order chi connectivity index (χ1) is 9.54. The predicted molar refractivity (Wildman–Crippen MR) is 82.5 cm³/mol. The smallest absolute Gasteiger partial charge is 0.140 e. The molecular formula is C15H20N4O. The summed E-state index contributed by atoms with van der Waals surface area (Å²) in [6.45, 7) is 2.63. The fourth-order valence-corrected chi connectivity index (χ4v) is 2.13. The van der Waals surface area contributed by atoms with E-state index in [4.69, 9.17) is 15.9 Å². The molecule has 0 amide bonds. The standard InChI is InChI=1S/C15H20N4O/c1-10(9-20-3)19(2)15-12(14(16)17)8-11-6-4-5-7-13(11)18-15/h4-8,10H,9H2,1-3H3,(H3,16,17). The summed E-state index contributed by atoms with van der Waals surface area (Å²) in [5.41, 5.74) is 7.24. The first-order valence-electron chi connectivity index (χ1n) is 6.50. The van der Waals surface area contributed by atoms with Crippen LogP contribution in [0.25, 0.3) is 10.9 Å². The molecule has 0 aliphatic rings. The maximum absolute atomic E-state index is 7.77. The molecule has 0 saturated heterocycles. The van der Waals surface area contributed by atoms with Gasteiger partial charge in [-0.2, -0.15) is 0 Å². The van der Waals surface area contributed by atoms with Crippen LogP contribution in [0.5, 0.6) is 0 Å². The van der Waals surface area contributed by atoms with Crippen molar-refractivity contribution in [3.05, 3.63) is 35.9 Å². The molecule has 1 unspecified atom stereocenters. The topological polar surface area (TPSA) is 75.2 Å². The zero-order valence-electron chi connectivity index (χ0n) is 12.1. The van der Waals surface area contributed by atoms with Crippen molar-refractivity contribution in [2.75, 3.05) is 25.7 Å². The number of likely N-dealkylation sites (N-methyl/N-ethyl adjacent to an activating group) is 1. The van der Waals surface area contributed by atoms with Gasteiger partial charge in [0.05, 0.1) is 23.7 Å². The highest BCUT2D eigenvalue weighted by Gasteiger charge is 2.17. The van der Waals surface area contributed by atoms with E-state index in [1.165, 1.54) is 0 Å². The SMILES string of the molecule is COCC(C)N(C)c1nc2ccccc2cc1C(=N)N. The van der Waals surface area contributed by atoms with Crippen LogP contribution in [-0.4, -0.2) is 37.6 Å². The van der Waals surface area contributed by atoms with E-state index in [2.05, 4.69) is 4.98 Å². The van der Waals surface area contributed by atoms with Gasteiger partial charge < -0.3 is 15.4 Å². The number of ether oxygens (including phenoxy) is 1. The molecule has 3 N–H and O–H groups in total. The highest BCUT2D eigenvalue weighted by Crippen LogP contribution is 2.23. The molecule has 0 aliphatic carbocycles.